The Kier molecular flexibility index (Phi) is 4.43. The molecule has 1 fully saturated rings. The second-order valence-electron chi connectivity index (χ2n) is 6.05. The zero-order valence-corrected chi connectivity index (χ0v) is 12.1. The van der Waals surface area contributed by atoms with Crippen molar-refractivity contribution >= 4 is 5.91 Å². The van der Waals surface area contributed by atoms with Crippen LogP contribution < -0.4 is 5.32 Å². The van der Waals surface area contributed by atoms with E-state index in [4.69, 9.17) is 0 Å². The summed E-state index contributed by atoms with van der Waals surface area (Å²) < 4.78 is 13.0. The van der Waals surface area contributed by atoms with Crippen LogP contribution in [0.3, 0.4) is 0 Å². The first-order valence-electron chi connectivity index (χ1n) is 7.16. The average molecular weight is 279 g/mol. The second kappa shape index (κ2) is 5.92. The molecule has 110 valence electrons. The number of aryl methyl sites for hydroxylation is 1. The number of rotatable bonds is 3. The third kappa shape index (κ3) is 3.57. The molecule has 0 aromatic heterocycles. The Labute approximate surface area is 119 Å². The minimum absolute atomic E-state index is 0.255. The van der Waals surface area contributed by atoms with Crippen LogP contribution in [0, 0.1) is 18.7 Å². The minimum atomic E-state index is -0.796. The summed E-state index contributed by atoms with van der Waals surface area (Å²) in [6.45, 7) is 4.14. The molecular weight excluding hydrogens is 257 g/mol. The van der Waals surface area contributed by atoms with Gasteiger partial charge in [0.1, 0.15) is 5.82 Å². The molecule has 0 radical (unpaired) electrons. The highest BCUT2D eigenvalue weighted by molar-refractivity contribution is 5.95. The maximum Gasteiger partial charge on any atom is 0.251 e. The lowest BCUT2D eigenvalue weighted by atomic mass is 9.79. The number of carbonyl (C=O) groups is 1. The van der Waals surface area contributed by atoms with Crippen molar-refractivity contribution in [2.75, 3.05) is 6.54 Å². The maximum atomic E-state index is 13.0. The molecule has 1 saturated carbocycles. The number of aliphatic hydroxyl groups is 1. The number of halogens is 1. The van der Waals surface area contributed by atoms with Gasteiger partial charge in [-0.3, -0.25) is 4.79 Å². The molecule has 0 spiro atoms. The Bertz CT molecular complexity index is 493. The summed E-state index contributed by atoms with van der Waals surface area (Å²) >= 11 is 0. The predicted molar refractivity (Wildman–Crippen MR) is 76.1 cm³/mol. The summed E-state index contributed by atoms with van der Waals surface area (Å²) in [5.41, 5.74) is 0.266. The van der Waals surface area contributed by atoms with Gasteiger partial charge in [-0.1, -0.05) is 6.92 Å². The Balaban J connectivity index is 1.95. The van der Waals surface area contributed by atoms with Crippen LogP contribution in [0.1, 0.15) is 48.5 Å². The quantitative estimate of drug-likeness (QED) is 0.894. The minimum Gasteiger partial charge on any atom is -0.388 e. The van der Waals surface area contributed by atoms with Gasteiger partial charge in [-0.25, -0.2) is 4.39 Å². The van der Waals surface area contributed by atoms with Crippen molar-refractivity contribution in [1.82, 2.24) is 5.32 Å². The van der Waals surface area contributed by atoms with E-state index in [2.05, 4.69) is 12.2 Å². The monoisotopic (exact) mass is 279 g/mol. The Morgan fingerprint density at radius 1 is 1.45 bits per heavy atom. The van der Waals surface area contributed by atoms with Crippen molar-refractivity contribution in [2.45, 2.75) is 45.1 Å². The standard InChI is InChI=1S/C16H22FNO2/c1-11-5-7-16(20,8-6-11)10-18-15(19)14-4-3-13(17)9-12(14)2/h3-4,9,11,20H,5-8,10H2,1-2H3,(H,18,19). The fraction of sp³-hybridized carbons (Fsp3) is 0.562. The first-order chi connectivity index (χ1) is 9.39. The zero-order valence-electron chi connectivity index (χ0n) is 12.1. The van der Waals surface area contributed by atoms with E-state index in [0.29, 0.717) is 17.0 Å². The van der Waals surface area contributed by atoms with Crippen LogP contribution in [0.5, 0.6) is 0 Å². The van der Waals surface area contributed by atoms with Crippen LogP contribution in [-0.4, -0.2) is 23.2 Å². The van der Waals surface area contributed by atoms with Crippen molar-refractivity contribution in [2.24, 2.45) is 5.92 Å². The van der Waals surface area contributed by atoms with Gasteiger partial charge in [-0.05, 0) is 62.3 Å². The summed E-state index contributed by atoms with van der Waals surface area (Å²) in [5.74, 6) is 0.0406. The van der Waals surface area contributed by atoms with E-state index in [1.165, 1.54) is 18.2 Å². The van der Waals surface area contributed by atoms with Gasteiger partial charge < -0.3 is 10.4 Å². The van der Waals surface area contributed by atoms with Crippen molar-refractivity contribution in [3.8, 4) is 0 Å². The van der Waals surface area contributed by atoms with E-state index in [1.807, 2.05) is 0 Å². The molecule has 1 amide bonds. The van der Waals surface area contributed by atoms with Crippen LogP contribution in [0.15, 0.2) is 18.2 Å². The molecule has 0 heterocycles. The first kappa shape index (κ1) is 15.0. The molecule has 2 rings (SSSR count). The molecule has 1 aliphatic carbocycles. The molecule has 4 heteroatoms. The van der Waals surface area contributed by atoms with E-state index in [9.17, 15) is 14.3 Å². The van der Waals surface area contributed by atoms with Gasteiger partial charge in [0.2, 0.25) is 0 Å². The van der Waals surface area contributed by atoms with Crippen LogP contribution in [0.2, 0.25) is 0 Å². The summed E-state index contributed by atoms with van der Waals surface area (Å²) in [5, 5.41) is 13.2. The molecule has 1 aromatic carbocycles. The third-order valence-electron chi connectivity index (χ3n) is 4.22. The Morgan fingerprint density at radius 3 is 2.70 bits per heavy atom. The molecule has 3 nitrogen and oxygen atoms in total. The summed E-state index contributed by atoms with van der Waals surface area (Å²) in [7, 11) is 0. The van der Waals surface area contributed by atoms with Gasteiger partial charge >= 0.3 is 0 Å². The fourth-order valence-corrected chi connectivity index (χ4v) is 2.70. The molecule has 0 bridgehead atoms. The van der Waals surface area contributed by atoms with E-state index >= 15 is 0 Å². The second-order valence-corrected chi connectivity index (χ2v) is 6.05. The Hall–Kier alpha value is -1.42. The topological polar surface area (TPSA) is 49.3 Å². The van der Waals surface area contributed by atoms with E-state index < -0.39 is 5.60 Å². The van der Waals surface area contributed by atoms with Gasteiger partial charge in [0.05, 0.1) is 5.60 Å². The number of nitrogens with one attached hydrogen (secondary N) is 1. The van der Waals surface area contributed by atoms with Crippen LogP contribution in [0.25, 0.3) is 0 Å². The van der Waals surface area contributed by atoms with Crippen molar-refractivity contribution in [3.63, 3.8) is 0 Å². The number of hydrogen-bond acceptors (Lipinski definition) is 2. The lowest BCUT2D eigenvalue weighted by molar-refractivity contribution is -0.00540. The molecule has 1 aliphatic rings. The molecule has 1 aromatic rings. The molecule has 20 heavy (non-hydrogen) atoms. The van der Waals surface area contributed by atoms with Crippen LogP contribution >= 0.6 is 0 Å². The highest BCUT2D eigenvalue weighted by Gasteiger charge is 2.32. The van der Waals surface area contributed by atoms with E-state index in [1.54, 1.807) is 6.92 Å². The van der Waals surface area contributed by atoms with Crippen LogP contribution in [0.4, 0.5) is 4.39 Å². The summed E-state index contributed by atoms with van der Waals surface area (Å²) in [4.78, 5) is 12.1. The lowest BCUT2D eigenvalue weighted by Gasteiger charge is -2.35. The Morgan fingerprint density at radius 2 is 2.10 bits per heavy atom. The van der Waals surface area contributed by atoms with Gasteiger partial charge in [0.25, 0.3) is 5.91 Å². The van der Waals surface area contributed by atoms with Crippen molar-refractivity contribution in [1.29, 1.82) is 0 Å². The molecule has 0 atom stereocenters. The van der Waals surface area contributed by atoms with Crippen LogP contribution in [-0.2, 0) is 0 Å². The SMILES string of the molecule is Cc1cc(F)ccc1C(=O)NCC1(O)CCC(C)CC1. The largest absolute Gasteiger partial charge is 0.388 e. The first-order valence-corrected chi connectivity index (χ1v) is 7.16. The van der Waals surface area contributed by atoms with Gasteiger partial charge in [0, 0.05) is 12.1 Å². The molecule has 2 N–H and O–H groups in total. The smallest absolute Gasteiger partial charge is 0.251 e. The third-order valence-corrected chi connectivity index (χ3v) is 4.22. The van der Waals surface area contributed by atoms with Gasteiger partial charge in [0.15, 0.2) is 0 Å². The van der Waals surface area contributed by atoms with E-state index in [-0.39, 0.29) is 18.3 Å². The van der Waals surface area contributed by atoms with Gasteiger partial charge in [-0.15, -0.1) is 0 Å². The number of amides is 1. The normalized spacial score (nSPS) is 26.3. The number of benzene rings is 1. The predicted octanol–water partition coefficient (Wildman–Crippen LogP) is 2.81. The van der Waals surface area contributed by atoms with Gasteiger partial charge in [-0.2, -0.15) is 0 Å². The molecule has 0 unspecified atom stereocenters. The molecule has 0 saturated heterocycles. The highest BCUT2D eigenvalue weighted by Crippen LogP contribution is 2.31. The van der Waals surface area contributed by atoms with Crippen molar-refractivity contribution < 1.29 is 14.3 Å². The average Bonchev–Trinajstić information content (AvgIpc) is 2.40. The number of carbonyl (C=O) groups excluding carboxylic acids is 1. The highest BCUT2D eigenvalue weighted by atomic mass is 19.1. The maximum absolute atomic E-state index is 13.0. The zero-order chi connectivity index (χ0) is 14.8. The molecule has 0 aliphatic heterocycles. The van der Waals surface area contributed by atoms with E-state index in [0.717, 1.165) is 25.7 Å². The summed E-state index contributed by atoms with van der Waals surface area (Å²) in [6.07, 6.45) is 3.41. The lowest BCUT2D eigenvalue weighted by Crippen LogP contribution is -2.45. The number of hydrogen-bond donors (Lipinski definition) is 2. The summed E-state index contributed by atoms with van der Waals surface area (Å²) in [6, 6.07) is 4.10. The molecular formula is C16H22FNO2. The fourth-order valence-electron chi connectivity index (χ4n) is 2.70. The van der Waals surface area contributed by atoms with Crippen molar-refractivity contribution in [3.05, 3.63) is 35.1 Å².